The van der Waals surface area contributed by atoms with E-state index in [9.17, 15) is 22.8 Å². The molecule has 0 aliphatic heterocycles. The van der Waals surface area contributed by atoms with Crippen LogP contribution < -0.4 is 5.32 Å². The highest BCUT2D eigenvalue weighted by molar-refractivity contribution is 6.30. The number of rotatable bonds is 7. The second-order valence-electron chi connectivity index (χ2n) is 7.63. The van der Waals surface area contributed by atoms with Crippen molar-refractivity contribution in [1.29, 1.82) is 0 Å². The van der Waals surface area contributed by atoms with E-state index >= 15 is 0 Å². The molecule has 31 heavy (non-hydrogen) atoms. The molecule has 2 aromatic rings. The zero-order chi connectivity index (χ0) is 22.4. The number of benzene rings is 1. The Hall–Kier alpha value is -2.48. The average molecular weight is 457 g/mol. The van der Waals surface area contributed by atoms with Gasteiger partial charge in [0.15, 0.2) is 6.04 Å². The van der Waals surface area contributed by atoms with Crippen LogP contribution in [0.3, 0.4) is 0 Å². The maximum absolute atomic E-state index is 13.4. The number of hydrogen-bond donors (Lipinski definition) is 1. The SMILES string of the molecule is O=C(NC1CCCCC1)C(c1ccco1)N(CCc1ccc(Cl)cc1)C(=O)C(F)(F)F. The van der Waals surface area contributed by atoms with Gasteiger partial charge in [0.2, 0.25) is 0 Å². The standard InChI is InChI=1S/C22H24ClF3N2O3/c23-16-10-8-15(9-11-16)12-13-28(21(30)22(24,25)26)19(18-7-4-14-31-18)20(29)27-17-5-2-1-3-6-17/h4,7-11,14,17,19H,1-3,5-6,12-13H2,(H,27,29). The Morgan fingerprint density at radius 1 is 1.13 bits per heavy atom. The van der Waals surface area contributed by atoms with Crippen molar-refractivity contribution in [3.63, 3.8) is 0 Å². The Bertz CT molecular complexity index is 863. The number of alkyl halides is 3. The van der Waals surface area contributed by atoms with Crippen molar-refractivity contribution in [1.82, 2.24) is 10.2 Å². The Morgan fingerprint density at radius 2 is 1.81 bits per heavy atom. The van der Waals surface area contributed by atoms with Crippen molar-refractivity contribution in [2.45, 2.75) is 56.8 Å². The van der Waals surface area contributed by atoms with Crippen LogP contribution in [-0.2, 0) is 16.0 Å². The monoisotopic (exact) mass is 456 g/mol. The average Bonchev–Trinajstić information content (AvgIpc) is 3.26. The van der Waals surface area contributed by atoms with Gasteiger partial charge in [-0.2, -0.15) is 13.2 Å². The van der Waals surface area contributed by atoms with Crippen LogP contribution in [0, 0.1) is 0 Å². The molecule has 3 rings (SSSR count). The molecule has 1 aromatic carbocycles. The van der Waals surface area contributed by atoms with E-state index in [1.54, 1.807) is 24.3 Å². The van der Waals surface area contributed by atoms with Crippen LogP contribution >= 0.6 is 11.6 Å². The van der Waals surface area contributed by atoms with Crippen molar-refractivity contribution in [3.8, 4) is 0 Å². The first-order valence-corrected chi connectivity index (χ1v) is 10.6. The number of halogens is 4. The summed E-state index contributed by atoms with van der Waals surface area (Å²) in [6.45, 7) is -0.316. The van der Waals surface area contributed by atoms with Crippen molar-refractivity contribution in [2.24, 2.45) is 0 Å². The third-order valence-electron chi connectivity index (χ3n) is 5.38. The lowest BCUT2D eigenvalue weighted by molar-refractivity contribution is -0.189. The van der Waals surface area contributed by atoms with E-state index in [0.717, 1.165) is 32.1 Å². The van der Waals surface area contributed by atoms with Gasteiger partial charge in [-0.15, -0.1) is 0 Å². The molecule has 5 nitrogen and oxygen atoms in total. The van der Waals surface area contributed by atoms with Crippen molar-refractivity contribution < 1.29 is 27.2 Å². The normalized spacial score (nSPS) is 16.0. The fraction of sp³-hybridized carbons (Fsp3) is 0.455. The van der Waals surface area contributed by atoms with Crippen molar-refractivity contribution >= 4 is 23.4 Å². The number of hydrogen-bond acceptors (Lipinski definition) is 3. The van der Waals surface area contributed by atoms with E-state index in [-0.39, 0.29) is 24.8 Å². The third kappa shape index (κ3) is 6.26. The zero-order valence-corrected chi connectivity index (χ0v) is 17.6. The largest absolute Gasteiger partial charge is 0.471 e. The van der Waals surface area contributed by atoms with Crippen LogP contribution in [0.2, 0.25) is 5.02 Å². The van der Waals surface area contributed by atoms with Gasteiger partial charge >= 0.3 is 12.1 Å². The van der Waals surface area contributed by atoms with E-state index in [1.807, 2.05) is 0 Å². The second kappa shape index (κ2) is 10.2. The number of amides is 2. The minimum Gasteiger partial charge on any atom is -0.467 e. The molecule has 0 saturated heterocycles. The van der Waals surface area contributed by atoms with E-state index < -0.39 is 24.0 Å². The van der Waals surface area contributed by atoms with Gasteiger partial charge in [0, 0.05) is 17.6 Å². The number of carbonyl (C=O) groups excluding carboxylic acids is 2. The molecule has 9 heteroatoms. The highest BCUT2D eigenvalue weighted by atomic mass is 35.5. The molecule has 1 aliphatic rings. The fourth-order valence-corrected chi connectivity index (χ4v) is 3.94. The molecule has 1 atom stereocenters. The lowest BCUT2D eigenvalue weighted by Crippen LogP contribution is -2.51. The molecule has 1 unspecified atom stereocenters. The molecule has 1 saturated carbocycles. The Labute approximate surface area is 183 Å². The predicted octanol–water partition coefficient (Wildman–Crippen LogP) is 5.06. The molecular formula is C22H24ClF3N2O3. The summed E-state index contributed by atoms with van der Waals surface area (Å²) in [5.74, 6) is -2.76. The minimum atomic E-state index is -5.13. The van der Waals surface area contributed by atoms with Crippen LogP contribution in [0.1, 0.15) is 49.5 Å². The minimum absolute atomic E-state index is 0.0120. The number of carbonyl (C=O) groups is 2. The first-order valence-electron chi connectivity index (χ1n) is 10.2. The van der Waals surface area contributed by atoms with E-state index in [0.29, 0.717) is 15.5 Å². The van der Waals surface area contributed by atoms with Gasteiger partial charge in [-0.1, -0.05) is 43.0 Å². The number of furan rings is 1. The summed E-state index contributed by atoms with van der Waals surface area (Å²) < 4.78 is 45.6. The molecule has 2 amide bonds. The summed E-state index contributed by atoms with van der Waals surface area (Å²) in [6, 6.07) is 7.82. The molecule has 1 heterocycles. The summed E-state index contributed by atoms with van der Waals surface area (Å²) >= 11 is 5.86. The van der Waals surface area contributed by atoms with Crippen LogP contribution in [0.5, 0.6) is 0 Å². The van der Waals surface area contributed by atoms with Gasteiger partial charge in [-0.3, -0.25) is 9.59 Å². The van der Waals surface area contributed by atoms with E-state index in [4.69, 9.17) is 16.0 Å². The maximum atomic E-state index is 13.4. The van der Waals surface area contributed by atoms with Gasteiger partial charge in [0.05, 0.1) is 6.26 Å². The Balaban J connectivity index is 1.87. The van der Waals surface area contributed by atoms with Gasteiger partial charge in [-0.05, 0) is 49.1 Å². The molecule has 0 radical (unpaired) electrons. The van der Waals surface area contributed by atoms with Crippen LogP contribution in [0.25, 0.3) is 0 Å². The second-order valence-corrected chi connectivity index (χ2v) is 8.07. The molecule has 1 aliphatic carbocycles. The van der Waals surface area contributed by atoms with Gasteiger partial charge in [0.25, 0.3) is 5.91 Å². The predicted molar refractivity (Wildman–Crippen MR) is 109 cm³/mol. The van der Waals surface area contributed by atoms with Gasteiger partial charge in [-0.25, -0.2) is 0 Å². The third-order valence-corrected chi connectivity index (χ3v) is 5.63. The van der Waals surface area contributed by atoms with E-state index in [2.05, 4.69) is 5.32 Å². The Kier molecular flexibility index (Phi) is 7.64. The lowest BCUT2D eigenvalue weighted by atomic mass is 9.95. The summed E-state index contributed by atoms with van der Waals surface area (Å²) in [7, 11) is 0. The maximum Gasteiger partial charge on any atom is 0.471 e. The highest BCUT2D eigenvalue weighted by Gasteiger charge is 2.47. The number of nitrogens with one attached hydrogen (secondary N) is 1. The molecule has 1 fully saturated rings. The summed E-state index contributed by atoms with van der Waals surface area (Å²) in [6.07, 6.45) is 0.724. The van der Waals surface area contributed by atoms with Crippen molar-refractivity contribution in [3.05, 3.63) is 59.0 Å². The van der Waals surface area contributed by atoms with Crippen molar-refractivity contribution in [2.75, 3.05) is 6.54 Å². The first kappa shape index (κ1) is 23.2. The van der Waals surface area contributed by atoms with Gasteiger partial charge < -0.3 is 14.6 Å². The molecule has 1 N–H and O–H groups in total. The summed E-state index contributed by atoms with van der Waals surface area (Å²) in [5, 5.41) is 3.31. The van der Waals surface area contributed by atoms with Crippen LogP contribution in [0.15, 0.2) is 47.1 Å². The number of nitrogens with zero attached hydrogens (tertiary/aromatic N) is 1. The smallest absolute Gasteiger partial charge is 0.467 e. The quantitative estimate of drug-likeness (QED) is 0.633. The molecule has 1 aromatic heterocycles. The highest BCUT2D eigenvalue weighted by Crippen LogP contribution is 2.29. The lowest BCUT2D eigenvalue weighted by Gasteiger charge is -2.32. The van der Waals surface area contributed by atoms with Crippen LogP contribution in [0.4, 0.5) is 13.2 Å². The summed E-state index contributed by atoms with van der Waals surface area (Å²) in [5.41, 5.74) is 0.690. The molecule has 0 bridgehead atoms. The fourth-order valence-electron chi connectivity index (χ4n) is 3.81. The summed E-state index contributed by atoms with van der Waals surface area (Å²) in [4.78, 5) is 26.0. The van der Waals surface area contributed by atoms with E-state index in [1.165, 1.54) is 18.4 Å². The molecular weight excluding hydrogens is 433 g/mol. The molecule has 168 valence electrons. The van der Waals surface area contributed by atoms with Crippen LogP contribution in [-0.4, -0.2) is 35.5 Å². The topological polar surface area (TPSA) is 62.6 Å². The Morgan fingerprint density at radius 3 is 2.39 bits per heavy atom. The molecule has 0 spiro atoms. The van der Waals surface area contributed by atoms with Gasteiger partial charge in [0.1, 0.15) is 5.76 Å². The zero-order valence-electron chi connectivity index (χ0n) is 16.8. The first-order chi connectivity index (χ1) is 14.8.